The summed E-state index contributed by atoms with van der Waals surface area (Å²) in [5.74, 6) is 2.45. The molecule has 0 fully saturated rings. The molecular formula is C15H19N5O2. The number of urea groups is 1. The second-order valence-electron chi connectivity index (χ2n) is 5.02. The average molecular weight is 301 g/mol. The van der Waals surface area contributed by atoms with Crippen LogP contribution in [0.15, 0.2) is 24.3 Å². The lowest BCUT2D eigenvalue weighted by molar-refractivity contribution is 0.251. The summed E-state index contributed by atoms with van der Waals surface area (Å²) in [6.07, 6.45) is 2.05. The van der Waals surface area contributed by atoms with Gasteiger partial charge in [0.2, 0.25) is 0 Å². The van der Waals surface area contributed by atoms with E-state index < -0.39 is 0 Å². The van der Waals surface area contributed by atoms with Crippen LogP contribution in [0, 0.1) is 0 Å². The molecule has 116 valence electrons. The van der Waals surface area contributed by atoms with Crippen LogP contribution in [0.25, 0.3) is 0 Å². The minimum atomic E-state index is -0.289. The summed E-state index contributed by atoms with van der Waals surface area (Å²) in [4.78, 5) is 12.0. The van der Waals surface area contributed by atoms with E-state index >= 15 is 0 Å². The molecule has 0 aliphatic carbocycles. The van der Waals surface area contributed by atoms with Gasteiger partial charge in [-0.05, 0) is 25.5 Å². The summed E-state index contributed by atoms with van der Waals surface area (Å²) in [6.45, 7) is 3.73. The number of nitrogens with zero attached hydrogens (tertiary/aromatic N) is 3. The predicted octanol–water partition coefficient (Wildman–Crippen LogP) is 1.94. The van der Waals surface area contributed by atoms with Crippen LogP contribution in [0.4, 0.5) is 10.5 Å². The Bertz CT molecular complexity index is 668. The van der Waals surface area contributed by atoms with Crippen molar-refractivity contribution in [3.05, 3.63) is 35.9 Å². The van der Waals surface area contributed by atoms with Gasteiger partial charge in [0.25, 0.3) is 0 Å². The van der Waals surface area contributed by atoms with Gasteiger partial charge in [0, 0.05) is 13.0 Å². The van der Waals surface area contributed by atoms with Crippen LogP contribution < -0.4 is 15.4 Å². The maximum absolute atomic E-state index is 12.0. The Morgan fingerprint density at radius 1 is 1.36 bits per heavy atom. The Morgan fingerprint density at radius 2 is 2.23 bits per heavy atom. The first-order valence-electron chi connectivity index (χ1n) is 7.45. The zero-order chi connectivity index (χ0) is 15.4. The molecule has 0 radical (unpaired) electrons. The number of ether oxygens (including phenoxy) is 1. The summed E-state index contributed by atoms with van der Waals surface area (Å²) in [7, 11) is 0. The highest BCUT2D eigenvalue weighted by atomic mass is 16.5. The van der Waals surface area contributed by atoms with Crippen molar-refractivity contribution in [1.29, 1.82) is 0 Å². The summed E-state index contributed by atoms with van der Waals surface area (Å²) >= 11 is 0. The number of aromatic nitrogens is 3. The van der Waals surface area contributed by atoms with Crippen LogP contribution in [0.3, 0.4) is 0 Å². The largest absolute Gasteiger partial charge is 0.492 e. The highest BCUT2D eigenvalue weighted by molar-refractivity contribution is 5.90. The van der Waals surface area contributed by atoms with E-state index in [1.54, 1.807) is 6.07 Å². The lowest BCUT2D eigenvalue weighted by Gasteiger charge is -2.12. The quantitative estimate of drug-likeness (QED) is 0.884. The SMILES string of the molecule is CCOc1ccccc1NC(=O)NCc1nnc2n1CCC2. The van der Waals surface area contributed by atoms with Gasteiger partial charge in [-0.25, -0.2) is 4.79 Å². The summed E-state index contributed by atoms with van der Waals surface area (Å²) in [5, 5.41) is 13.8. The number of amides is 2. The molecule has 1 aliphatic rings. The number of hydrogen-bond donors (Lipinski definition) is 2. The number of benzene rings is 1. The second-order valence-corrected chi connectivity index (χ2v) is 5.02. The standard InChI is InChI=1S/C15H19N5O2/c1-2-22-12-7-4-3-6-11(12)17-15(21)16-10-14-19-18-13-8-5-9-20(13)14/h3-4,6-7H,2,5,8-10H2,1H3,(H2,16,17,21). The van der Waals surface area contributed by atoms with Crippen molar-refractivity contribution in [2.75, 3.05) is 11.9 Å². The molecule has 0 saturated heterocycles. The molecule has 0 spiro atoms. The molecule has 3 rings (SSSR count). The maximum atomic E-state index is 12.0. The van der Waals surface area contributed by atoms with Crippen LogP contribution in [0.5, 0.6) is 5.75 Å². The molecule has 7 heteroatoms. The number of anilines is 1. The number of carbonyl (C=O) groups is 1. The molecule has 0 saturated carbocycles. The van der Waals surface area contributed by atoms with Gasteiger partial charge in [-0.3, -0.25) is 0 Å². The Balaban J connectivity index is 1.59. The van der Waals surface area contributed by atoms with Gasteiger partial charge in [-0.2, -0.15) is 0 Å². The monoisotopic (exact) mass is 301 g/mol. The molecule has 0 atom stereocenters. The molecule has 7 nitrogen and oxygen atoms in total. The Kier molecular flexibility index (Phi) is 4.22. The van der Waals surface area contributed by atoms with E-state index in [0.717, 1.165) is 31.0 Å². The Morgan fingerprint density at radius 3 is 3.09 bits per heavy atom. The summed E-state index contributed by atoms with van der Waals surface area (Å²) in [6, 6.07) is 7.06. The van der Waals surface area contributed by atoms with E-state index in [-0.39, 0.29) is 6.03 Å². The zero-order valence-corrected chi connectivity index (χ0v) is 12.5. The van der Waals surface area contributed by atoms with Crippen LogP contribution in [-0.4, -0.2) is 27.4 Å². The highest BCUT2D eigenvalue weighted by Crippen LogP contribution is 2.23. The minimum Gasteiger partial charge on any atom is -0.492 e. The molecule has 2 amide bonds. The van der Waals surface area contributed by atoms with Gasteiger partial charge in [-0.1, -0.05) is 12.1 Å². The first kappa shape index (κ1) is 14.4. The fourth-order valence-electron chi connectivity index (χ4n) is 2.52. The first-order valence-corrected chi connectivity index (χ1v) is 7.45. The lowest BCUT2D eigenvalue weighted by Crippen LogP contribution is -2.29. The lowest BCUT2D eigenvalue weighted by atomic mass is 10.3. The van der Waals surface area contributed by atoms with Crippen LogP contribution in [0.2, 0.25) is 0 Å². The molecule has 22 heavy (non-hydrogen) atoms. The number of para-hydroxylation sites is 2. The van der Waals surface area contributed by atoms with E-state index in [0.29, 0.717) is 24.6 Å². The number of aryl methyl sites for hydroxylation is 1. The fraction of sp³-hybridized carbons (Fsp3) is 0.400. The Hall–Kier alpha value is -2.57. The van der Waals surface area contributed by atoms with Crippen LogP contribution in [0.1, 0.15) is 25.0 Å². The third-order valence-electron chi connectivity index (χ3n) is 3.53. The molecule has 2 N–H and O–H groups in total. The van der Waals surface area contributed by atoms with Gasteiger partial charge < -0.3 is 19.9 Å². The predicted molar refractivity (Wildman–Crippen MR) is 81.8 cm³/mol. The molecule has 0 unspecified atom stereocenters. The van der Waals surface area contributed by atoms with E-state index in [1.165, 1.54) is 0 Å². The molecular weight excluding hydrogens is 282 g/mol. The number of fused-ring (bicyclic) bond motifs is 1. The van der Waals surface area contributed by atoms with Crippen molar-refractivity contribution in [3.8, 4) is 5.75 Å². The second kappa shape index (κ2) is 6.46. The molecule has 1 aromatic heterocycles. The normalized spacial score (nSPS) is 12.8. The van der Waals surface area contributed by atoms with E-state index in [2.05, 4.69) is 25.4 Å². The average Bonchev–Trinajstić information content (AvgIpc) is 3.11. The third kappa shape index (κ3) is 3.03. The first-order chi connectivity index (χ1) is 10.8. The van der Waals surface area contributed by atoms with Gasteiger partial charge in [0.1, 0.15) is 11.6 Å². The van der Waals surface area contributed by atoms with Crippen molar-refractivity contribution in [1.82, 2.24) is 20.1 Å². The van der Waals surface area contributed by atoms with E-state index in [9.17, 15) is 4.79 Å². The fourth-order valence-corrected chi connectivity index (χ4v) is 2.52. The van der Waals surface area contributed by atoms with Gasteiger partial charge in [0.15, 0.2) is 5.82 Å². The number of nitrogens with one attached hydrogen (secondary N) is 2. The third-order valence-corrected chi connectivity index (χ3v) is 3.53. The van der Waals surface area contributed by atoms with Crippen molar-refractivity contribution in [2.45, 2.75) is 32.9 Å². The minimum absolute atomic E-state index is 0.289. The van der Waals surface area contributed by atoms with Crippen molar-refractivity contribution in [2.24, 2.45) is 0 Å². The molecule has 2 heterocycles. The summed E-state index contributed by atoms with van der Waals surface area (Å²) < 4.78 is 7.54. The molecule has 1 aliphatic heterocycles. The van der Waals surface area contributed by atoms with Crippen molar-refractivity contribution in [3.63, 3.8) is 0 Å². The number of carbonyl (C=O) groups excluding carboxylic acids is 1. The van der Waals surface area contributed by atoms with Gasteiger partial charge >= 0.3 is 6.03 Å². The van der Waals surface area contributed by atoms with Crippen molar-refractivity contribution >= 4 is 11.7 Å². The van der Waals surface area contributed by atoms with Gasteiger partial charge in [-0.15, -0.1) is 10.2 Å². The van der Waals surface area contributed by atoms with Gasteiger partial charge in [0.05, 0.1) is 18.8 Å². The number of rotatable bonds is 5. The van der Waals surface area contributed by atoms with Crippen LogP contribution >= 0.6 is 0 Å². The Labute approximate surface area is 128 Å². The number of hydrogen-bond acceptors (Lipinski definition) is 4. The van der Waals surface area contributed by atoms with Crippen LogP contribution in [-0.2, 0) is 19.5 Å². The van der Waals surface area contributed by atoms with E-state index in [1.807, 2.05) is 25.1 Å². The zero-order valence-electron chi connectivity index (χ0n) is 12.5. The van der Waals surface area contributed by atoms with E-state index in [4.69, 9.17) is 4.74 Å². The van der Waals surface area contributed by atoms with Crippen molar-refractivity contribution < 1.29 is 9.53 Å². The highest BCUT2D eigenvalue weighted by Gasteiger charge is 2.17. The smallest absolute Gasteiger partial charge is 0.319 e. The maximum Gasteiger partial charge on any atom is 0.319 e. The molecule has 1 aromatic carbocycles. The summed E-state index contributed by atoms with van der Waals surface area (Å²) in [5.41, 5.74) is 0.647. The molecule has 2 aromatic rings. The topological polar surface area (TPSA) is 81.1 Å². The molecule has 0 bridgehead atoms.